The number of nitrogens with zero attached hydrogens (tertiary/aromatic N) is 4. The molecule has 0 aromatic carbocycles. The van der Waals surface area contributed by atoms with E-state index in [4.69, 9.17) is 0 Å². The van der Waals surface area contributed by atoms with Crippen molar-refractivity contribution in [2.75, 3.05) is 44.2 Å². The lowest BCUT2D eigenvalue weighted by molar-refractivity contribution is -0.141. The molecule has 0 saturated carbocycles. The maximum absolute atomic E-state index is 12.8. The van der Waals surface area contributed by atoms with Gasteiger partial charge in [-0.25, -0.2) is 9.97 Å². The number of hydrogen-bond donors (Lipinski definition) is 1. The maximum atomic E-state index is 12.8. The zero-order chi connectivity index (χ0) is 16.4. The number of likely N-dealkylation sites (tertiary alicyclic amines) is 1. The van der Waals surface area contributed by atoms with E-state index in [1.54, 1.807) is 4.90 Å². The van der Waals surface area contributed by atoms with Crippen LogP contribution in [0.4, 0.5) is 19.1 Å². The zero-order valence-electron chi connectivity index (χ0n) is 12.8. The Balaban J connectivity index is 1.71. The van der Waals surface area contributed by atoms with E-state index in [1.165, 1.54) is 12.8 Å². The first-order chi connectivity index (χ1) is 11.0. The predicted octanol–water partition coefficient (Wildman–Crippen LogP) is 1.64. The van der Waals surface area contributed by atoms with Crippen LogP contribution in [0.15, 0.2) is 12.3 Å². The molecule has 2 atom stereocenters. The van der Waals surface area contributed by atoms with Crippen LogP contribution in [-0.4, -0.2) is 59.3 Å². The van der Waals surface area contributed by atoms with E-state index in [9.17, 15) is 18.3 Å². The Labute approximate surface area is 133 Å². The molecule has 5 nitrogen and oxygen atoms in total. The molecule has 23 heavy (non-hydrogen) atoms. The van der Waals surface area contributed by atoms with Gasteiger partial charge in [0, 0.05) is 38.4 Å². The van der Waals surface area contributed by atoms with Gasteiger partial charge in [0.2, 0.25) is 5.95 Å². The van der Waals surface area contributed by atoms with Crippen LogP contribution >= 0.6 is 0 Å². The maximum Gasteiger partial charge on any atom is 0.433 e. The molecule has 3 heterocycles. The van der Waals surface area contributed by atoms with Crippen LogP contribution in [0.1, 0.15) is 18.5 Å². The van der Waals surface area contributed by atoms with E-state index in [2.05, 4.69) is 14.9 Å². The monoisotopic (exact) mass is 330 g/mol. The number of hydrogen-bond acceptors (Lipinski definition) is 5. The molecule has 0 amide bonds. The van der Waals surface area contributed by atoms with Crippen molar-refractivity contribution in [3.63, 3.8) is 0 Å². The molecule has 1 aromatic heterocycles. The summed E-state index contributed by atoms with van der Waals surface area (Å²) in [5.74, 6) is 0.382. The molecule has 0 aliphatic carbocycles. The van der Waals surface area contributed by atoms with Crippen LogP contribution in [-0.2, 0) is 6.18 Å². The average Bonchev–Trinajstić information content (AvgIpc) is 3.16. The first-order valence-electron chi connectivity index (χ1n) is 7.96. The highest BCUT2D eigenvalue weighted by molar-refractivity contribution is 5.33. The van der Waals surface area contributed by atoms with Crippen LogP contribution in [0.5, 0.6) is 0 Å². The number of rotatable bonds is 4. The highest BCUT2D eigenvalue weighted by atomic mass is 19.4. The van der Waals surface area contributed by atoms with Gasteiger partial charge in [-0.1, -0.05) is 0 Å². The van der Waals surface area contributed by atoms with E-state index < -0.39 is 11.9 Å². The lowest BCUT2D eigenvalue weighted by Crippen LogP contribution is -2.32. The van der Waals surface area contributed by atoms with Crippen molar-refractivity contribution in [2.45, 2.75) is 19.0 Å². The van der Waals surface area contributed by atoms with Crippen molar-refractivity contribution in [1.82, 2.24) is 14.9 Å². The minimum absolute atomic E-state index is 0.0357. The fraction of sp³-hybridized carbons (Fsp3) is 0.733. The highest BCUT2D eigenvalue weighted by Gasteiger charge is 2.37. The van der Waals surface area contributed by atoms with E-state index in [0.29, 0.717) is 13.1 Å². The Kier molecular flexibility index (Phi) is 4.72. The lowest BCUT2D eigenvalue weighted by atomic mass is 9.96. The normalized spacial score (nSPS) is 26.2. The summed E-state index contributed by atoms with van der Waals surface area (Å²) < 4.78 is 38.4. The molecular weight excluding hydrogens is 309 g/mol. The van der Waals surface area contributed by atoms with Crippen molar-refractivity contribution < 1.29 is 18.3 Å². The molecule has 0 radical (unpaired) electrons. The van der Waals surface area contributed by atoms with Gasteiger partial charge in [-0.3, -0.25) is 0 Å². The minimum Gasteiger partial charge on any atom is -0.396 e. The van der Waals surface area contributed by atoms with Crippen molar-refractivity contribution in [3.05, 3.63) is 18.0 Å². The average molecular weight is 330 g/mol. The number of aliphatic hydroxyl groups is 1. The van der Waals surface area contributed by atoms with E-state index in [0.717, 1.165) is 31.9 Å². The van der Waals surface area contributed by atoms with Gasteiger partial charge in [0.05, 0.1) is 0 Å². The van der Waals surface area contributed by atoms with Gasteiger partial charge >= 0.3 is 6.18 Å². The summed E-state index contributed by atoms with van der Waals surface area (Å²) in [6, 6.07) is 0.880. The van der Waals surface area contributed by atoms with Gasteiger partial charge in [0.15, 0.2) is 0 Å². The third kappa shape index (κ3) is 3.74. The number of anilines is 1. The quantitative estimate of drug-likeness (QED) is 0.909. The molecule has 2 fully saturated rings. The largest absolute Gasteiger partial charge is 0.433 e. The van der Waals surface area contributed by atoms with Gasteiger partial charge < -0.3 is 14.9 Å². The predicted molar refractivity (Wildman–Crippen MR) is 79.0 cm³/mol. The number of aliphatic hydroxyl groups excluding tert-OH is 1. The van der Waals surface area contributed by atoms with Crippen LogP contribution in [0.2, 0.25) is 0 Å². The molecule has 8 heteroatoms. The first kappa shape index (κ1) is 16.4. The summed E-state index contributed by atoms with van der Waals surface area (Å²) >= 11 is 0. The minimum atomic E-state index is -4.47. The lowest BCUT2D eigenvalue weighted by Gasteiger charge is -2.23. The van der Waals surface area contributed by atoms with Gasteiger partial charge in [0.25, 0.3) is 0 Å². The standard InChI is InChI=1S/C15H21F3N4O/c16-15(17,18)13-3-4-19-14(20-13)22-8-11(12(9-22)10-23)7-21-5-1-2-6-21/h3-4,11-12,23H,1-2,5-10H2/t11-,12-/m0/s1. The molecule has 128 valence electrons. The highest BCUT2D eigenvalue weighted by Crippen LogP contribution is 2.31. The Bertz CT molecular complexity index is 534. The second-order valence-corrected chi connectivity index (χ2v) is 6.36. The number of halogens is 3. The summed E-state index contributed by atoms with van der Waals surface area (Å²) in [6.45, 7) is 4.12. The molecule has 2 aliphatic rings. The van der Waals surface area contributed by atoms with Gasteiger partial charge in [-0.05, 0) is 37.9 Å². The molecule has 1 N–H and O–H groups in total. The third-order valence-electron chi connectivity index (χ3n) is 4.72. The summed E-state index contributed by atoms with van der Waals surface area (Å²) in [7, 11) is 0. The summed E-state index contributed by atoms with van der Waals surface area (Å²) in [6.07, 6.45) is -0.941. The van der Waals surface area contributed by atoms with Gasteiger partial charge in [-0.15, -0.1) is 0 Å². The van der Waals surface area contributed by atoms with E-state index >= 15 is 0 Å². The Morgan fingerprint density at radius 2 is 1.87 bits per heavy atom. The molecule has 0 unspecified atom stereocenters. The summed E-state index contributed by atoms with van der Waals surface area (Å²) in [4.78, 5) is 11.8. The Hall–Kier alpha value is -1.41. The number of alkyl halides is 3. The SMILES string of the molecule is OC[C@@H]1CN(c2nccc(C(F)(F)F)n2)C[C@@H]1CN1CCCC1. The van der Waals surface area contributed by atoms with Crippen LogP contribution in [0.25, 0.3) is 0 Å². The Morgan fingerprint density at radius 3 is 2.52 bits per heavy atom. The zero-order valence-corrected chi connectivity index (χ0v) is 12.8. The van der Waals surface area contributed by atoms with E-state index in [-0.39, 0.29) is 24.4 Å². The number of aromatic nitrogens is 2. The smallest absolute Gasteiger partial charge is 0.396 e. The fourth-order valence-electron chi connectivity index (χ4n) is 3.47. The van der Waals surface area contributed by atoms with Crippen LogP contribution < -0.4 is 4.90 Å². The van der Waals surface area contributed by atoms with E-state index in [1.807, 2.05) is 0 Å². The molecule has 0 spiro atoms. The third-order valence-corrected chi connectivity index (χ3v) is 4.72. The van der Waals surface area contributed by atoms with Crippen molar-refractivity contribution in [1.29, 1.82) is 0 Å². The second kappa shape index (κ2) is 6.60. The molecule has 2 aliphatic heterocycles. The van der Waals surface area contributed by atoms with Crippen molar-refractivity contribution in [3.8, 4) is 0 Å². The molecular formula is C15H21F3N4O. The van der Waals surface area contributed by atoms with Crippen LogP contribution in [0, 0.1) is 11.8 Å². The molecule has 2 saturated heterocycles. The molecule has 0 bridgehead atoms. The summed E-state index contributed by atoms with van der Waals surface area (Å²) in [5, 5.41) is 9.59. The topological polar surface area (TPSA) is 52.5 Å². The van der Waals surface area contributed by atoms with Crippen LogP contribution in [0.3, 0.4) is 0 Å². The van der Waals surface area contributed by atoms with Gasteiger partial charge in [-0.2, -0.15) is 13.2 Å². The fourth-order valence-corrected chi connectivity index (χ4v) is 3.47. The summed E-state index contributed by atoms with van der Waals surface area (Å²) in [5.41, 5.74) is -0.925. The second-order valence-electron chi connectivity index (χ2n) is 6.36. The van der Waals surface area contributed by atoms with Gasteiger partial charge in [0.1, 0.15) is 5.69 Å². The Morgan fingerprint density at radius 1 is 1.17 bits per heavy atom. The molecule has 3 rings (SSSR count). The molecule has 1 aromatic rings. The van der Waals surface area contributed by atoms with Crippen molar-refractivity contribution in [2.24, 2.45) is 11.8 Å². The van der Waals surface area contributed by atoms with Crippen molar-refractivity contribution >= 4 is 5.95 Å². The first-order valence-corrected chi connectivity index (χ1v) is 7.96.